The van der Waals surface area contributed by atoms with Crippen molar-refractivity contribution < 1.29 is 24.6 Å². The first-order valence-corrected chi connectivity index (χ1v) is 6.86. The van der Waals surface area contributed by atoms with Crippen LogP contribution < -0.4 is 5.32 Å². The standard InChI is InChI=1S/C13H23N3O5/c1-13(2,3)16-6-4-15(5-7-16)12(21)14-9(11(19)20)8-10(17)18/h9H,4-8H2,1-3H3,(H,14,21)(H,17,18)(H,19,20)/t9-/m1/s1. The van der Waals surface area contributed by atoms with Gasteiger partial charge in [-0.2, -0.15) is 0 Å². The minimum atomic E-state index is -1.41. The summed E-state index contributed by atoms with van der Waals surface area (Å²) in [5.41, 5.74) is 0.0233. The first kappa shape index (κ1) is 17.2. The Labute approximate surface area is 123 Å². The van der Waals surface area contributed by atoms with E-state index in [1.165, 1.54) is 4.90 Å². The second-order valence-electron chi connectivity index (χ2n) is 6.08. The van der Waals surface area contributed by atoms with Gasteiger partial charge in [0, 0.05) is 31.7 Å². The molecule has 1 saturated heterocycles. The summed E-state index contributed by atoms with van der Waals surface area (Å²) in [6, 6.07) is -1.94. The van der Waals surface area contributed by atoms with Crippen molar-refractivity contribution in [3.8, 4) is 0 Å². The quantitative estimate of drug-likeness (QED) is 0.676. The van der Waals surface area contributed by atoms with E-state index in [-0.39, 0.29) is 5.54 Å². The Morgan fingerprint density at radius 1 is 1.10 bits per heavy atom. The van der Waals surface area contributed by atoms with Gasteiger partial charge in [0.15, 0.2) is 0 Å². The lowest BCUT2D eigenvalue weighted by molar-refractivity contribution is -0.145. The van der Waals surface area contributed by atoms with E-state index in [4.69, 9.17) is 10.2 Å². The van der Waals surface area contributed by atoms with Gasteiger partial charge < -0.3 is 20.4 Å². The molecule has 0 aromatic heterocycles. The number of carbonyl (C=O) groups is 3. The molecule has 0 aromatic rings. The van der Waals surface area contributed by atoms with Gasteiger partial charge in [-0.15, -0.1) is 0 Å². The summed E-state index contributed by atoms with van der Waals surface area (Å²) in [6.45, 7) is 8.66. The molecule has 120 valence electrons. The third kappa shape index (κ3) is 5.22. The second-order valence-corrected chi connectivity index (χ2v) is 6.08. The third-order valence-electron chi connectivity index (χ3n) is 3.49. The van der Waals surface area contributed by atoms with E-state index in [0.717, 1.165) is 0 Å². The van der Waals surface area contributed by atoms with Crippen molar-refractivity contribution in [2.24, 2.45) is 0 Å². The summed E-state index contributed by atoms with van der Waals surface area (Å²) >= 11 is 0. The number of rotatable bonds is 4. The molecule has 0 aliphatic carbocycles. The molecule has 0 bridgehead atoms. The SMILES string of the molecule is CC(C)(C)N1CCN(C(=O)N[C@H](CC(=O)O)C(=O)O)CC1. The molecule has 1 heterocycles. The van der Waals surface area contributed by atoms with Gasteiger partial charge in [-0.3, -0.25) is 9.69 Å². The maximum Gasteiger partial charge on any atom is 0.326 e. The average Bonchev–Trinajstić information content (AvgIpc) is 2.36. The number of hydrogen-bond donors (Lipinski definition) is 3. The molecule has 8 nitrogen and oxygen atoms in total. The molecule has 0 aromatic carbocycles. The van der Waals surface area contributed by atoms with E-state index < -0.39 is 30.4 Å². The zero-order chi connectivity index (χ0) is 16.2. The van der Waals surface area contributed by atoms with Crippen molar-refractivity contribution in [2.45, 2.75) is 38.8 Å². The van der Waals surface area contributed by atoms with Gasteiger partial charge in [0.25, 0.3) is 0 Å². The van der Waals surface area contributed by atoms with Crippen molar-refractivity contribution in [1.29, 1.82) is 0 Å². The van der Waals surface area contributed by atoms with Crippen LogP contribution >= 0.6 is 0 Å². The first-order valence-electron chi connectivity index (χ1n) is 6.86. The monoisotopic (exact) mass is 301 g/mol. The maximum absolute atomic E-state index is 12.0. The molecule has 21 heavy (non-hydrogen) atoms. The smallest absolute Gasteiger partial charge is 0.326 e. The molecule has 3 N–H and O–H groups in total. The Morgan fingerprint density at radius 2 is 1.62 bits per heavy atom. The predicted octanol–water partition coefficient (Wildman–Crippen LogP) is 0.0400. The van der Waals surface area contributed by atoms with Gasteiger partial charge in [0.2, 0.25) is 0 Å². The van der Waals surface area contributed by atoms with Crippen LogP contribution in [0.15, 0.2) is 0 Å². The molecule has 1 rings (SSSR count). The molecular weight excluding hydrogens is 278 g/mol. The largest absolute Gasteiger partial charge is 0.481 e. The number of aliphatic carboxylic acids is 2. The number of piperazine rings is 1. The van der Waals surface area contributed by atoms with Crippen LogP contribution in [0.5, 0.6) is 0 Å². The Balaban J connectivity index is 2.53. The van der Waals surface area contributed by atoms with Crippen LogP contribution in [-0.4, -0.2) is 75.7 Å². The number of nitrogens with zero attached hydrogens (tertiary/aromatic N) is 2. The number of hydrogen-bond acceptors (Lipinski definition) is 4. The van der Waals surface area contributed by atoms with Gasteiger partial charge >= 0.3 is 18.0 Å². The molecule has 8 heteroatoms. The zero-order valence-electron chi connectivity index (χ0n) is 12.6. The van der Waals surface area contributed by atoms with Crippen LogP contribution in [0.25, 0.3) is 0 Å². The van der Waals surface area contributed by atoms with E-state index in [0.29, 0.717) is 26.2 Å². The van der Waals surface area contributed by atoms with Gasteiger partial charge in [-0.05, 0) is 20.8 Å². The van der Waals surface area contributed by atoms with Gasteiger partial charge in [-0.1, -0.05) is 0 Å². The van der Waals surface area contributed by atoms with Crippen LogP contribution in [0, 0.1) is 0 Å². The van der Waals surface area contributed by atoms with Crippen molar-refractivity contribution in [2.75, 3.05) is 26.2 Å². The first-order chi connectivity index (χ1) is 9.61. The Hall–Kier alpha value is -1.83. The van der Waals surface area contributed by atoms with Crippen LogP contribution in [-0.2, 0) is 9.59 Å². The van der Waals surface area contributed by atoms with Crippen LogP contribution in [0.3, 0.4) is 0 Å². The molecular formula is C13H23N3O5. The summed E-state index contributed by atoms with van der Waals surface area (Å²) in [6.07, 6.45) is -0.636. The minimum Gasteiger partial charge on any atom is -0.481 e. The molecule has 0 radical (unpaired) electrons. The highest BCUT2D eigenvalue weighted by Crippen LogP contribution is 2.15. The number of nitrogens with one attached hydrogen (secondary N) is 1. The second kappa shape index (κ2) is 6.75. The predicted molar refractivity (Wildman–Crippen MR) is 75.1 cm³/mol. The molecule has 1 aliphatic heterocycles. The fourth-order valence-corrected chi connectivity index (χ4v) is 2.20. The Morgan fingerprint density at radius 3 is 2.00 bits per heavy atom. The molecule has 1 aliphatic rings. The highest BCUT2D eigenvalue weighted by Gasteiger charge is 2.30. The van der Waals surface area contributed by atoms with E-state index in [1.807, 2.05) is 0 Å². The van der Waals surface area contributed by atoms with Gasteiger partial charge in [0.1, 0.15) is 6.04 Å². The lowest BCUT2D eigenvalue weighted by Crippen LogP contribution is -2.58. The summed E-state index contributed by atoms with van der Waals surface area (Å²) < 4.78 is 0. The zero-order valence-corrected chi connectivity index (χ0v) is 12.6. The normalized spacial score (nSPS) is 18.1. The summed E-state index contributed by atoms with van der Waals surface area (Å²) in [7, 11) is 0. The van der Waals surface area contributed by atoms with E-state index in [2.05, 4.69) is 31.0 Å². The topological polar surface area (TPSA) is 110 Å². The summed E-state index contributed by atoms with van der Waals surface area (Å²) in [5, 5.41) is 19.8. The van der Waals surface area contributed by atoms with Crippen LogP contribution in [0.2, 0.25) is 0 Å². The fourth-order valence-electron chi connectivity index (χ4n) is 2.20. The summed E-state index contributed by atoms with van der Waals surface area (Å²) in [4.78, 5) is 37.3. The van der Waals surface area contributed by atoms with Crippen molar-refractivity contribution >= 4 is 18.0 Å². The van der Waals surface area contributed by atoms with Crippen LogP contribution in [0.4, 0.5) is 4.79 Å². The molecule has 2 amide bonds. The van der Waals surface area contributed by atoms with E-state index in [1.54, 1.807) is 0 Å². The van der Waals surface area contributed by atoms with Crippen molar-refractivity contribution in [3.05, 3.63) is 0 Å². The van der Waals surface area contributed by atoms with Crippen LogP contribution in [0.1, 0.15) is 27.2 Å². The molecule has 0 unspecified atom stereocenters. The molecule has 1 fully saturated rings. The highest BCUT2D eigenvalue weighted by molar-refractivity contribution is 5.86. The molecule has 0 saturated carbocycles. The lowest BCUT2D eigenvalue weighted by Gasteiger charge is -2.42. The summed E-state index contributed by atoms with van der Waals surface area (Å²) in [5.74, 6) is -2.61. The van der Waals surface area contributed by atoms with Gasteiger partial charge in [0.05, 0.1) is 6.42 Å². The molecule has 0 spiro atoms. The van der Waals surface area contributed by atoms with E-state index >= 15 is 0 Å². The number of amides is 2. The lowest BCUT2D eigenvalue weighted by atomic mass is 10.1. The van der Waals surface area contributed by atoms with Crippen molar-refractivity contribution in [3.63, 3.8) is 0 Å². The fraction of sp³-hybridized carbons (Fsp3) is 0.769. The van der Waals surface area contributed by atoms with Gasteiger partial charge in [-0.25, -0.2) is 9.59 Å². The van der Waals surface area contributed by atoms with Crippen molar-refractivity contribution in [1.82, 2.24) is 15.1 Å². The highest BCUT2D eigenvalue weighted by atomic mass is 16.4. The number of carboxylic acid groups (broad SMARTS) is 2. The number of urea groups is 1. The Bertz CT molecular complexity index is 411. The van der Waals surface area contributed by atoms with E-state index in [9.17, 15) is 14.4 Å². The number of carboxylic acids is 2. The average molecular weight is 301 g/mol. The molecule has 1 atom stereocenters. The minimum absolute atomic E-state index is 0.0233. The maximum atomic E-state index is 12.0. The number of carbonyl (C=O) groups excluding carboxylic acids is 1. The Kier molecular flexibility index (Phi) is 5.54. The third-order valence-corrected chi connectivity index (χ3v) is 3.49.